The number of nitrogens with zero attached hydrogens (tertiary/aromatic N) is 4. The number of amides is 1. The van der Waals surface area contributed by atoms with Crippen molar-refractivity contribution in [1.82, 2.24) is 20.2 Å². The molecule has 0 atom stereocenters. The summed E-state index contributed by atoms with van der Waals surface area (Å²) in [5, 5.41) is 12.0. The third-order valence-corrected chi connectivity index (χ3v) is 4.56. The lowest BCUT2D eigenvalue weighted by molar-refractivity contribution is -0.129. The van der Waals surface area contributed by atoms with Gasteiger partial charge in [-0.25, -0.2) is 4.98 Å². The fraction of sp³-hybridized carbons (Fsp3) is 0.429. The van der Waals surface area contributed by atoms with Gasteiger partial charge in [0, 0.05) is 26.7 Å². The molecule has 0 saturated carbocycles. The first-order chi connectivity index (χ1) is 14.0. The Bertz CT molecular complexity index is 886. The number of ether oxygens (including phenoxy) is 2. The molecule has 152 valence electrons. The van der Waals surface area contributed by atoms with Crippen LogP contribution in [-0.2, 0) is 17.9 Å². The van der Waals surface area contributed by atoms with Crippen molar-refractivity contribution >= 4 is 5.91 Å². The number of aromatic nitrogens is 2. The van der Waals surface area contributed by atoms with Crippen LogP contribution in [-0.4, -0.2) is 47.0 Å². The maximum Gasteiger partial charge on any atom is 0.232 e. The molecule has 3 rings (SSSR count). The van der Waals surface area contributed by atoms with Crippen LogP contribution in [0.15, 0.2) is 30.6 Å². The maximum absolute atomic E-state index is 11.5. The summed E-state index contributed by atoms with van der Waals surface area (Å²) in [6, 6.07) is 7.56. The second-order valence-electron chi connectivity index (χ2n) is 7.25. The van der Waals surface area contributed by atoms with Gasteiger partial charge >= 0.3 is 0 Å². The number of carbonyl (C=O) groups excluding carboxylic acids is 1. The van der Waals surface area contributed by atoms with E-state index in [9.17, 15) is 10.1 Å². The van der Waals surface area contributed by atoms with Gasteiger partial charge in [0.05, 0.1) is 35.7 Å². The van der Waals surface area contributed by atoms with Gasteiger partial charge in [0.25, 0.3) is 0 Å². The minimum absolute atomic E-state index is 0.00365. The maximum atomic E-state index is 11.5. The van der Waals surface area contributed by atoms with Gasteiger partial charge in [-0.15, -0.1) is 0 Å². The first-order valence-corrected chi connectivity index (χ1v) is 9.56. The number of rotatable bonds is 8. The number of nitriles is 1. The molecule has 1 N–H and O–H groups in total. The van der Waals surface area contributed by atoms with E-state index in [1.54, 1.807) is 31.6 Å². The van der Waals surface area contributed by atoms with Gasteiger partial charge in [-0.1, -0.05) is 6.07 Å². The fourth-order valence-corrected chi connectivity index (χ4v) is 3.07. The van der Waals surface area contributed by atoms with Gasteiger partial charge in [-0.3, -0.25) is 14.7 Å². The summed E-state index contributed by atoms with van der Waals surface area (Å²) in [4.78, 5) is 22.3. The number of hydrogen-bond donors (Lipinski definition) is 1. The fourth-order valence-electron chi connectivity index (χ4n) is 3.07. The predicted octanol–water partition coefficient (Wildman–Crippen LogP) is 1.89. The van der Waals surface area contributed by atoms with Gasteiger partial charge < -0.3 is 14.8 Å². The highest BCUT2D eigenvalue weighted by molar-refractivity contribution is 5.79. The van der Waals surface area contributed by atoms with Crippen molar-refractivity contribution in [2.75, 3.05) is 20.1 Å². The van der Waals surface area contributed by atoms with Crippen molar-refractivity contribution in [3.8, 4) is 17.7 Å². The molecule has 0 spiro atoms. The van der Waals surface area contributed by atoms with E-state index in [1.807, 2.05) is 19.9 Å². The summed E-state index contributed by atoms with van der Waals surface area (Å²) in [7, 11) is 1.66. The minimum atomic E-state index is 0.00365. The van der Waals surface area contributed by atoms with Crippen molar-refractivity contribution in [3.05, 3.63) is 47.4 Å². The number of likely N-dealkylation sites (tertiary alicyclic amines) is 1. The monoisotopic (exact) mass is 395 g/mol. The van der Waals surface area contributed by atoms with E-state index >= 15 is 0 Å². The van der Waals surface area contributed by atoms with Crippen molar-refractivity contribution in [3.63, 3.8) is 0 Å². The molecule has 0 radical (unpaired) electrons. The Balaban J connectivity index is 1.50. The van der Waals surface area contributed by atoms with Crippen molar-refractivity contribution in [1.29, 1.82) is 5.26 Å². The highest BCUT2D eigenvalue weighted by Gasteiger charge is 2.31. The van der Waals surface area contributed by atoms with E-state index in [-0.39, 0.29) is 24.5 Å². The second-order valence-corrected chi connectivity index (χ2v) is 7.25. The van der Waals surface area contributed by atoms with Gasteiger partial charge in [-0.2, -0.15) is 5.26 Å². The van der Waals surface area contributed by atoms with E-state index in [0.29, 0.717) is 23.7 Å². The van der Waals surface area contributed by atoms with Crippen LogP contribution in [0.3, 0.4) is 0 Å². The Labute approximate surface area is 170 Å². The number of carbonyl (C=O) groups is 1. The summed E-state index contributed by atoms with van der Waals surface area (Å²) in [6.07, 6.45) is 3.28. The molecule has 8 nitrogen and oxygen atoms in total. The van der Waals surface area contributed by atoms with Gasteiger partial charge in [0.2, 0.25) is 11.8 Å². The van der Waals surface area contributed by atoms with E-state index in [1.165, 1.54) is 0 Å². The van der Waals surface area contributed by atoms with Crippen LogP contribution in [0.25, 0.3) is 0 Å². The Hall–Kier alpha value is -3.18. The smallest absolute Gasteiger partial charge is 0.232 e. The predicted molar refractivity (Wildman–Crippen MR) is 106 cm³/mol. The molecule has 29 heavy (non-hydrogen) atoms. The molecule has 0 aliphatic carbocycles. The summed E-state index contributed by atoms with van der Waals surface area (Å²) in [5.74, 6) is 1.13. The van der Waals surface area contributed by atoms with Crippen LogP contribution in [0.4, 0.5) is 0 Å². The third-order valence-electron chi connectivity index (χ3n) is 4.56. The second kappa shape index (κ2) is 9.34. The van der Waals surface area contributed by atoms with Crippen LogP contribution in [0, 0.1) is 17.2 Å². The van der Waals surface area contributed by atoms with Crippen molar-refractivity contribution in [2.24, 2.45) is 5.92 Å². The molecule has 1 saturated heterocycles. The Morgan fingerprint density at radius 2 is 2.14 bits per heavy atom. The molecule has 1 aliphatic rings. The van der Waals surface area contributed by atoms with Crippen molar-refractivity contribution < 1.29 is 14.3 Å². The first-order valence-electron chi connectivity index (χ1n) is 9.56. The lowest BCUT2D eigenvalue weighted by Crippen LogP contribution is -2.52. The van der Waals surface area contributed by atoms with E-state index in [2.05, 4.69) is 26.3 Å². The summed E-state index contributed by atoms with van der Waals surface area (Å²) < 4.78 is 11.3. The summed E-state index contributed by atoms with van der Waals surface area (Å²) in [5.41, 5.74) is 2.16. The minimum Gasteiger partial charge on any atom is -0.490 e. The summed E-state index contributed by atoms with van der Waals surface area (Å²) in [6.45, 7) is 6.24. The standard InChI is InChI=1S/C21H25N5O3/c1-14(2)29-19-5-4-15(6-16(19)7-22)13-28-20-9-24-18(8-25-20)12-26-10-17(11-26)21(27)23-3/h4-6,8-9,14,17H,10-13H2,1-3H3,(H,23,27). The number of nitrogens with one attached hydrogen (secondary N) is 1. The summed E-state index contributed by atoms with van der Waals surface area (Å²) >= 11 is 0. The Morgan fingerprint density at radius 1 is 1.34 bits per heavy atom. The zero-order valence-electron chi connectivity index (χ0n) is 16.9. The highest BCUT2D eigenvalue weighted by atomic mass is 16.5. The topological polar surface area (TPSA) is 100 Å². The molecule has 2 aromatic rings. The molecule has 1 aromatic carbocycles. The quantitative estimate of drug-likeness (QED) is 0.728. The number of benzene rings is 1. The normalized spacial score (nSPS) is 14.2. The average molecular weight is 395 g/mol. The van der Waals surface area contributed by atoms with E-state index < -0.39 is 0 Å². The van der Waals surface area contributed by atoms with Gasteiger partial charge in [0.1, 0.15) is 18.4 Å². The molecule has 2 heterocycles. The molecule has 8 heteroatoms. The lowest BCUT2D eigenvalue weighted by Gasteiger charge is -2.37. The first kappa shape index (κ1) is 20.6. The Kier molecular flexibility index (Phi) is 6.62. The van der Waals surface area contributed by atoms with Gasteiger partial charge in [0.15, 0.2) is 0 Å². The SMILES string of the molecule is CNC(=O)C1CN(Cc2cnc(OCc3ccc(OC(C)C)c(C#N)c3)cn2)C1. The van der Waals surface area contributed by atoms with E-state index in [0.717, 1.165) is 24.3 Å². The molecular formula is C21H25N5O3. The largest absolute Gasteiger partial charge is 0.490 e. The molecular weight excluding hydrogens is 370 g/mol. The average Bonchev–Trinajstić information content (AvgIpc) is 2.69. The Morgan fingerprint density at radius 3 is 2.76 bits per heavy atom. The third kappa shape index (κ3) is 5.42. The lowest BCUT2D eigenvalue weighted by atomic mass is 9.99. The van der Waals surface area contributed by atoms with Gasteiger partial charge in [-0.05, 0) is 31.5 Å². The molecule has 1 fully saturated rings. The van der Waals surface area contributed by atoms with Crippen LogP contribution < -0.4 is 14.8 Å². The van der Waals surface area contributed by atoms with Crippen molar-refractivity contribution in [2.45, 2.75) is 33.1 Å². The molecule has 1 aliphatic heterocycles. The zero-order valence-corrected chi connectivity index (χ0v) is 16.9. The van der Waals surface area contributed by atoms with Crippen LogP contribution in [0.5, 0.6) is 11.6 Å². The molecule has 1 aromatic heterocycles. The van der Waals surface area contributed by atoms with Crippen LogP contribution in [0.2, 0.25) is 0 Å². The van der Waals surface area contributed by atoms with Crippen LogP contribution >= 0.6 is 0 Å². The number of hydrogen-bond acceptors (Lipinski definition) is 7. The van der Waals surface area contributed by atoms with Crippen LogP contribution in [0.1, 0.15) is 30.7 Å². The zero-order chi connectivity index (χ0) is 20.8. The molecule has 0 bridgehead atoms. The molecule has 0 unspecified atom stereocenters. The molecule has 1 amide bonds. The van der Waals surface area contributed by atoms with E-state index in [4.69, 9.17) is 9.47 Å². The highest BCUT2D eigenvalue weighted by Crippen LogP contribution is 2.22.